The molecular weight excluding hydrogens is 270 g/mol. The van der Waals surface area contributed by atoms with Crippen LogP contribution in [0.3, 0.4) is 0 Å². The standard InChI is InChI=1S/C13H19N7O/c1-4-9-10(5-2)16-17-12(15-9)20-7-13(21,8-20)11-6-14-18-19(11)3/h6,21H,4-5,7-8H2,1-3H3. The van der Waals surface area contributed by atoms with E-state index in [-0.39, 0.29) is 0 Å². The van der Waals surface area contributed by atoms with Gasteiger partial charge < -0.3 is 10.0 Å². The predicted octanol–water partition coefficient (Wildman–Crippen LogP) is -0.167. The number of aliphatic hydroxyl groups is 1. The number of nitrogens with zero attached hydrogens (tertiary/aromatic N) is 7. The SMILES string of the molecule is CCc1nnc(N2CC(O)(c3cnnn3C)C2)nc1CC. The summed E-state index contributed by atoms with van der Waals surface area (Å²) in [5, 5.41) is 26.7. The zero-order valence-electron chi connectivity index (χ0n) is 12.5. The Bertz CT molecular complexity index is 648. The molecule has 0 radical (unpaired) electrons. The van der Waals surface area contributed by atoms with E-state index in [0.29, 0.717) is 24.7 Å². The summed E-state index contributed by atoms with van der Waals surface area (Å²) in [6.07, 6.45) is 3.25. The average Bonchev–Trinajstić information content (AvgIpc) is 2.89. The zero-order valence-corrected chi connectivity index (χ0v) is 12.5. The first-order chi connectivity index (χ1) is 10.1. The molecule has 1 aliphatic heterocycles. The van der Waals surface area contributed by atoms with Crippen molar-refractivity contribution in [2.45, 2.75) is 32.3 Å². The van der Waals surface area contributed by atoms with Crippen LogP contribution in [0.25, 0.3) is 0 Å². The summed E-state index contributed by atoms with van der Waals surface area (Å²) >= 11 is 0. The van der Waals surface area contributed by atoms with E-state index in [1.165, 1.54) is 0 Å². The number of rotatable bonds is 4. The van der Waals surface area contributed by atoms with Gasteiger partial charge in [-0.15, -0.1) is 10.2 Å². The summed E-state index contributed by atoms with van der Waals surface area (Å²) in [4.78, 5) is 6.47. The zero-order chi connectivity index (χ0) is 15.0. The molecule has 0 amide bonds. The molecule has 3 rings (SSSR count). The highest BCUT2D eigenvalue weighted by molar-refractivity contribution is 5.40. The van der Waals surface area contributed by atoms with Crippen molar-refractivity contribution in [1.29, 1.82) is 0 Å². The van der Waals surface area contributed by atoms with E-state index in [9.17, 15) is 5.11 Å². The van der Waals surface area contributed by atoms with E-state index < -0.39 is 5.60 Å². The second-order valence-electron chi connectivity index (χ2n) is 5.34. The van der Waals surface area contributed by atoms with Crippen molar-refractivity contribution >= 4 is 5.95 Å². The summed E-state index contributed by atoms with van der Waals surface area (Å²) in [5.41, 5.74) is 1.66. The van der Waals surface area contributed by atoms with Gasteiger partial charge in [0.25, 0.3) is 0 Å². The van der Waals surface area contributed by atoms with E-state index in [2.05, 4.69) is 32.4 Å². The first-order valence-corrected chi connectivity index (χ1v) is 7.12. The largest absolute Gasteiger partial charge is 0.380 e. The van der Waals surface area contributed by atoms with Gasteiger partial charge in [0.15, 0.2) is 0 Å². The molecule has 0 saturated carbocycles. The molecule has 21 heavy (non-hydrogen) atoms. The molecule has 0 spiro atoms. The third-order valence-electron chi connectivity index (χ3n) is 3.88. The van der Waals surface area contributed by atoms with Crippen LogP contribution >= 0.6 is 0 Å². The van der Waals surface area contributed by atoms with Crippen LogP contribution in [0.15, 0.2) is 6.20 Å². The van der Waals surface area contributed by atoms with Gasteiger partial charge in [0.2, 0.25) is 5.95 Å². The molecule has 1 fully saturated rings. The minimum absolute atomic E-state index is 0.421. The van der Waals surface area contributed by atoms with Gasteiger partial charge in [-0.3, -0.25) is 0 Å². The van der Waals surface area contributed by atoms with Crippen LogP contribution in [0.5, 0.6) is 0 Å². The van der Waals surface area contributed by atoms with Gasteiger partial charge in [0.1, 0.15) is 5.60 Å². The number of hydrogen-bond acceptors (Lipinski definition) is 7. The first-order valence-electron chi connectivity index (χ1n) is 7.12. The van der Waals surface area contributed by atoms with Crippen molar-refractivity contribution in [3.05, 3.63) is 23.3 Å². The topological polar surface area (TPSA) is 92.9 Å². The molecule has 2 aromatic rings. The summed E-state index contributed by atoms with van der Waals surface area (Å²) < 4.78 is 1.59. The van der Waals surface area contributed by atoms with Crippen LogP contribution in [0.2, 0.25) is 0 Å². The lowest BCUT2D eigenvalue weighted by Gasteiger charge is -2.45. The van der Waals surface area contributed by atoms with Crippen LogP contribution in [-0.4, -0.2) is 48.4 Å². The van der Waals surface area contributed by atoms with Crippen LogP contribution in [0.4, 0.5) is 5.95 Å². The maximum absolute atomic E-state index is 10.6. The molecule has 2 aromatic heterocycles. The Morgan fingerprint density at radius 2 is 1.90 bits per heavy atom. The second-order valence-corrected chi connectivity index (χ2v) is 5.34. The maximum Gasteiger partial charge on any atom is 0.245 e. The third-order valence-corrected chi connectivity index (χ3v) is 3.88. The molecular formula is C13H19N7O. The lowest BCUT2D eigenvalue weighted by Crippen LogP contribution is -2.61. The Labute approximate surface area is 122 Å². The van der Waals surface area contributed by atoms with E-state index in [0.717, 1.165) is 24.2 Å². The third kappa shape index (κ3) is 2.25. The van der Waals surface area contributed by atoms with Crippen molar-refractivity contribution < 1.29 is 5.11 Å². The highest BCUT2D eigenvalue weighted by atomic mass is 16.3. The molecule has 112 valence electrons. The quantitative estimate of drug-likeness (QED) is 0.835. The normalized spacial score (nSPS) is 16.9. The summed E-state index contributed by atoms with van der Waals surface area (Å²) in [5.74, 6) is 0.573. The molecule has 1 saturated heterocycles. The van der Waals surface area contributed by atoms with Crippen molar-refractivity contribution in [2.24, 2.45) is 7.05 Å². The number of aromatic nitrogens is 6. The number of hydrogen-bond donors (Lipinski definition) is 1. The van der Waals surface area contributed by atoms with Gasteiger partial charge in [-0.1, -0.05) is 19.1 Å². The Hall–Kier alpha value is -2.09. The van der Waals surface area contributed by atoms with Gasteiger partial charge in [-0.2, -0.15) is 5.10 Å². The van der Waals surface area contributed by atoms with Crippen molar-refractivity contribution in [2.75, 3.05) is 18.0 Å². The highest BCUT2D eigenvalue weighted by Gasteiger charge is 2.46. The lowest BCUT2D eigenvalue weighted by molar-refractivity contribution is -0.00114. The van der Waals surface area contributed by atoms with Crippen LogP contribution in [-0.2, 0) is 25.5 Å². The summed E-state index contributed by atoms with van der Waals surface area (Å²) in [6.45, 7) is 4.94. The summed E-state index contributed by atoms with van der Waals surface area (Å²) in [7, 11) is 1.77. The van der Waals surface area contributed by atoms with E-state index in [4.69, 9.17) is 0 Å². The predicted molar refractivity (Wildman–Crippen MR) is 75.7 cm³/mol. The fraction of sp³-hybridized carbons (Fsp3) is 0.615. The fourth-order valence-corrected chi connectivity index (χ4v) is 2.66. The Morgan fingerprint density at radius 3 is 2.48 bits per heavy atom. The monoisotopic (exact) mass is 289 g/mol. The number of anilines is 1. The van der Waals surface area contributed by atoms with Gasteiger partial charge in [-0.25, -0.2) is 9.67 Å². The molecule has 1 aliphatic rings. The average molecular weight is 289 g/mol. The maximum atomic E-state index is 10.6. The lowest BCUT2D eigenvalue weighted by atomic mass is 9.91. The molecule has 0 unspecified atom stereocenters. The fourth-order valence-electron chi connectivity index (χ4n) is 2.66. The minimum atomic E-state index is -0.947. The molecule has 8 nitrogen and oxygen atoms in total. The van der Waals surface area contributed by atoms with Gasteiger partial charge in [0, 0.05) is 7.05 Å². The Kier molecular flexibility index (Phi) is 3.32. The van der Waals surface area contributed by atoms with Crippen molar-refractivity contribution in [3.63, 3.8) is 0 Å². The molecule has 0 bridgehead atoms. The van der Waals surface area contributed by atoms with Crippen LogP contribution < -0.4 is 4.90 Å². The summed E-state index contributed by atoms with van der Waals surface area (Å²) in [6, 6.07) is 0. The Morgan fingerprint density at radius 1 is 1.19 bits per heavy atom. The number of aryl methyl sites for hydroxylation is 3. The molecule has 8 heteroatoms. The van der Waals surface area contributed by atoms with Crippen molar-refractivity contribution in [1.82, 2.24) is 30.2 Å². The van der Waals surface area contributed by atoms with E-state index in [1.54, 1.807) is 17.9 Å². The van der Waals surface area contributed by atoms with E-state index >= 15 is 0 Å². The van der Waals surface area contributed by atoms with Gasteiger partial charge >= 0.3 is 0 Å². The number of β-amino-alcohol motifs (C(OH)–C–C–N with tert-alkyl or cyclic N) is 1. The molecule has 1 N–H and O–H groups in total. The van der Waals surface area contributed by atoms with Crippen molar-refractivity contribution in [3.8, 4) is 0 Å². The molecule has 0 aliphatic carbocycles. The molecule has 0 atom stereocenters. The first kappa shape index (κ1) is 13.9. The van der Waals surface area contributed by atoms with E-state index in [1.807, 2.05) is 11.8 Å². The van der Waals surface area contributed by atoms with Crippen LogP contribution in [0, 0.1) is 0 Å². The van der Waals surface area contributed by atoms with Gasteiger partial charge in [0.05, 0.1) is 36.4 Å². The van der Waals surface area contributed by atoms with Crippen LogP contribution in [0.1, 0.15) is 30.9 Å². The van der Waals surface area contributed by atoms with Gasteiger partial charge in [-0.05, 0) is 12.8 Å². The Balaban J connectivity index is 1.78. The highest BCUT2D eigenvalue weighted by Crippen LogP contribution is 2.33. The minimum Gasteiger partial charge on any atom is -0.380 e. The smallest absolute Gasteiger partial charge is 0.245 e. The second kappa shape index (κ2) is 5.03. The molecule has 3 heterocycles. The molecule has 0 aromatic carbocycles.